The summed E-state index contributed by atoms with van der Waals surface area (Å²) in [6.45, 7) is 9.24. The Hall–Kier alpha value is -0.870. The molecule has 0 bridgehead atoms. The molecule has 0 spiro atoms. The van der Waals surface area contributed by atoms with E-state index in [-0.39, 0.29) is 5.97 Å². The number of ether oxygens (including phenoxy) is 1. The minimum atomic E-state index is -0.787. The van der Waals surface area contributed by atoms with Crippen molar-refractivity contribution in [1.82, 2.24) is 0 Å². The number of hydrogen-bond acceptors (Lipinski definition) is 4. The van der Waals surface area contributed by atoms with Crippen molar-refractivity contribution >= 4 is 17.3 Å². The van der Waals surface area contributed by atoms with Gasteiger partial charge in [0.05, 0.1) is 5.92 Å². The Morgan fingerprint density at radius 3 is 2.50 bits per heavy atom. The summed E-state index contributed by atoms with van der Waals surface area (Å²) in [7, 11) is 0. The summed E-state index contributed by atoms with van der Waals surface area (Å²) in [4.78, 5) is 13.9. The normalized spacial score (nSPS) is 15.2. The molecule has 2 unspecified atom stereocenters. The molecule has 0 aliphatic rings. The number of aliphatic hydroxyl groups excluding tert-OH is 1. The second kappa shape index (κ2) is 5.85. The summed E-state index contributed by atoms with van der Waals surface area (Å²) < 4.78 is 5.28. The van der Waals surface area contributed by atoms with Crippen LogP contribution in [0.1, 0.15) is 50.5 Å². The Balaban J connectivity index is 2.71. The fraction of sp³-hybridized carbons (Fsp3) is 0.643. The molecule has 18 heavy (non-hydrogen) atoms. The summed E-state index contributed by atoms with van der Waals surface area (Å²) in [5, 5.41) is 10.2. The third-order valence-corrected chi connectivity index (χ3v) is 3.87. The first kappa shape index (κ1) is 15.2. The molecule has 1 heterocycles. The van der Waals surface area contributed by atoms with E-state index >= 15 is 0 Å². The van der Waals surface area contributed by atoms with Crippen LogP contribution in [0, 0.1) is 5.92 Å². The highest BCUT2D eigenvalue weighted by Gasteiger charge is 2.29. The van der Waals surface area contributed by atoms with Crippen LogP contribution in [0.15, 0.2) is 12.1 Å². The van der Waals surface area contributed by atoms with E-state index in [4.69, 9.17) is 4.74 Å². The van der Waals surface area contributed by atoms with E-state index in [1.54, 1.807) is 18.3 Å². The molecule has 0 radical (unpaired) electrons. The molecule has 0 aromatic carbocycles. The molecule has 4 heteroatoms. The van der Waals surface area contributed by atoms with E-state index in [1.165, 1.54) is 4.88 Å². The molecule has 0 saturated heterocycles. The minimum absolute atomic E-state index is 0.360. The monoisotopic (exact) mass is 270 g/mol. The summed E-state index contributed by atoms with van der Waals surface area (Å²) >= 11 is 1.55. The fourth-order valence-electron chi connectivity index (χ4n) is 1.51. The zero-order chi connectivity index (χ0) is 13.9. The molecule has 3 nitrogen and oxygen atoms in total. The fourth-order valence-corrected chi connectivity index (χ4v) is 2.56. The van der Waals surface area contributed by atoms with E-state index in [2.05, 4.69) is 6.92 Å². The van der Waals surface area contributed by atoms with Crippen molar-refractivity contribution in [3.8, 4) is 0 Å². The number of carbonyl (C=O) groups excluding carboxylic acids is 1. The molecular weight excluding hydrogens is 248 g/mol. The molecule has 102 valence electrons. The van der Waals surface area contributed by atoms with Gasteiger partial charge in [-0.3, -0.25) is 4.79 Å². The lowest BCUT2D eigenvalue weighted by molar-refractivity contribution is -0.163. The summed E-state index contributed by atoms with van der Waals surface area (Å²) in [5.41, 5.74) is -0.519. The van der Waals surface area contributed by atoms with Crippen LogP contribution in [0.2, 0.25) is 0 Å². The average molecular weight is 270 g/mol. The Morgan fingerprint density at radius 2 is 2.06 bits per heavy atom. The van der Waals surface area contributed by atoms with Gasteiger partial charge in [-0.1, -0.05) is 6.92 Å². The molecule has 0 aliphatic carbocycles. The van der Waals surface area contributed by atoms with Crippen molar-refractivity contribution in [2.75, 3.05) is 0 Å². The summed E-state index contributed by atoms with van der Waals surface area (Å²) in [6.07, 6.45) is 0.156. The lowest BCUT2D eigenvalue weighted by atomic mass is 10.0. The number of aliphatic hydroxyl groups is 1. The van der Waals surface area contributed by atoms with E-state index in [0.29, 0.717) is 0 Å². The molecule has 1 aromatic rings. The lowest BCUT2D eigenvalue weighted by Gasteiger charge is -2.24. The highest BCUT2D eigenvalue weighted by atomic mass is 32.1. The van der Waals surface area contributed by atoms with Gasteiger partial charge in [0.1, 0.15) is 11.7 Å². The van der Waals surface area contributed by atoms with Crippen LogP contribution >= 0.6 is 11.3 Å². The average Bonchev–Trinajstić information content (AvgIpc) is 2.73. The molecule has 1 N–H and O–H groups in total. The number of hydrogen-bond donors (Lipinski definition) is 1. The highest BCUT2D eigenvalue weighted by molar-refractivity contribution is 7.12. The van der Waals surface area contributed by atoms with Gasteiger partial charge in [0.2, 0.25) is 0 Å². The number of thiophene rings is 1. The van der Waals surface area contributed by atoms with Crippen molar-refractivity contribution in [1.29, 1.82) is 0 Å². The van der Waals surface area contributed by atoms with Crippen LogP contribution in [-0.2, 0) is 16.0 Å². The number of rotatable bonds is 4. The van der Waals surface area contributed by atoms with Crippen LogP contribution in [-0.4, -0.2) is 16.7 Å². The largest absolute Gasteiger partial charge is 0.460 e. The lowest BCUT2D eigenvalue weighted by Crippen LogP contribution is -2.30. The molecule has 2 atom stereocenters. The van der Waals surface area contributed by atoms with Crippen molar-refractivity contribution in [3.05, 3.63) is 21.9 Å². The van der Waals surface area contributed by atoms with Gasteiger partial charge in [-0.15, -0.1) is 11.3 Å². The van der Waals surface area contributed by atoms with Crippen molar-refractivity contribution in [3.63, 3.8) is 0 Å². The van der Waals surface area contributed by atoms with Crippen LogP contribution in [0.25, 0.3) is 0 Å². The predicted molar refractivity (Wildman–Crippen MR) is 73.7 cm³/mol. The predicted octanol–water partition coefficient (Wildman–Crippen LogP) is 3.32. The van der Waals surface area contributed by atoms with Gasteiger partial charge >= 0.3 is 5.97 Å². The Morgan fingerprint density at radius 1 is 1.44 bits per heavy atom. The van der Waals surface area contributed by atoms with Crippen molar-refractivity contribution < 1.29 is 14.6 Å². The highest BCUT2D eigenvalue weighted by Crippen LogP contribution is 2.30. The second-order valence-corrected chi connectivity index (χ2v) is 6.62. The molecule has 0 saturated carbocycles. The van der Waals surface area contributed by atoms with E-state index in [9.17, 15) is 9.90 Å². The standard InChI is InChI=1S/C14H22O3S/c1-6-10-7-8-11(18-10)12(15)9(2)13(16)17-14(3,4)5/h7-9,12,15H,6H2,1-5H3. The Kier molecular flexibility index (Phi) is 4.93. The quantitative estimate of drug-likeness (QED) is 0.854. The van der Waals surface area contributed by atoms with Crippen LogP contribution in [0.3, 0.4) is 0 Å². The van der Waals surface area contributed by atoms with Gasteiger partial charge in [-0.05, 0) is 46.2 Å². The zero-order valence-corrected chi connectivity index (χ0v) is 12.5. The van der Waals surface area contributed by atoms with Gasteiger partial charge < -0.3 is 9.84 Å². The summed E-state index contributed by atoms with van der Waals surface area (Å²) in [5.74, 6) is -0.908. The molecule has 0 aliphatic heterocycles. The minimum Gasteiger partial charge on any atom is -0.460 e. The maximum absolute atomic E-state index is 11.9. The third kappa shape index (κ3) is 4.10. The third-order valence-electron chi connectivity index (χ3n) is 2.57. The molecule has 0 fully saturated rings. The van der Waals surface area contributed by atoms with Crippen molar-refractivity contribution in [2.45, 2.75) is 52.7 Å². The number of esters is 1. The maximum atomic E-state index is 11.9. The summed E-state index contributed by atoms with van der Waals surface area (Å²) in [6, 6.07) is 3.88. The molecule has 0 amide bonds. The maximum Gasteiger partial charge on any atom is 0.312 e. The van der Waals surface area contributed by atoms with Crippen LogP contribution in [0.5, 0.6) is 0 Å². The second-order valence-electron chi connectivity index (χ2n) is 5.42. The van der Waals surface area contributed by atoms with Crippen LogP contribution in [0.4, 0.5) is 0 Å². The van der Waals surface area contributed by atoms with Gasteiger partial charge in [-0.2, -0.15) is 0 Å². The van der Waals surface area contributed by atoms with E-state index in [0.717, 1.165) is 11.3 Å². The van der Waals surface area contributed by atoms with Crippen molar-refractivity contribution in [2.24, 2.45) is 5.92 Å². The first-order valence-electron chi connectivity index (χ1n) is 6.24. The van der Waals surface area contributed by atoms with Gasteiger partial charge in [-0.25, -0.2) is 0 Å². The molecule has 1 aromatic heterocycles. The van der Waals surface area contributed by atoms with Gasteiger partial charge in [0.15, 0.2) is 0 Å². The van der Waals surface area contributed by atoms with E-state index < -0.39 is 17.6 Å². The molecule has 1 rings (SSSR count). The number of carbonyl (C=O) groups is 1. The topological polar surface area (TPSA) is 46.5 Å². The smallest absolute Gasteiger partial charge is 0.312 e. The van der Waals surface area contributed by atoms with Gasteiger partial charge in [0.25, 0.3) is 0 Å². The SMILES string of the molecule is CCc1ccc(C(O)C(C)C(=O)OC(C)(C)C)s1. The Bertz CT molecular complexity index is 403. The first-order chi connectivity index (χ1) is 8.24. The first-order valence-corrected chi connectivity index (χ1v) is 7.05. The number of aryl methyl sites for hydroxylation is 1. The van der Waals surface area contributed by atoms with Crippen LogP contribution < -0.4 is 0 Å². The zero-order valence-electron chi connectivity index (χ0n) is 11.7. The van der Waals surface area contributed by atoms with Gasteiger partial charge in [0, 0.05) is 9.75 Å². The molecular formula is C14H22O3S. The van der Waals surface area contributed by atoms with E-state index in [1.807, 2.05) is 32.9 Å². The Labute approximate surface area is 113 Å².